The van der Waals surface area contributed by atoms with Crippen molar-refractivity contribution in [2.45, 2.75) is 13.5 Å². The second-order valence-electron chi connectivity index (χ2n) is 3.20. The molecule has 0 saturated heterocycles. The molecule has 0 radical (unpaired) electrons. The summed E-state index contributed by atoms with van der Waals surface area (Å²) < 4.78 is 10.7. The number of nitrogens with two attached hydrogens (primary N) is 1. The maximum atomic E-state index is 5.65. The molecule has 0 fully saturated rings. The zero-order valence-corrected chi connectivity index (χ0v) is 8.33. The van der Waals surface area contributed by atoms with Gasteiger partial charge < -0.3 is 14.9 Å². The third-order valence-electron chi connectivity index (χ3n) is 2.40. The number of hydrogen-bond donors (Lipinski definition) is 1. The molecule has 0 amide bonds. The maximum absolute atomic E-state index is 5.65. The minimum absolute atomic E-state index is 0.492. The number of benzene rings is 1. The van der Waals surface area contributed by atoms with Gasteiger partial charge in [-0.05, 0) is 25.1 Å². The Kier molecular flexibility index (Phi) is 2.17. The van der Waals surface area contributed by atoms with Crippen LogP contribution in [0, 0.1) is 6.92 Å². The molecule has 0 aliphatic carbocycles. The van der Waals surface area contributed by atoms with Gasteiger partial charge in [0.05, 0.1) is 7.11 Å². The van der Waals surface area contributed by atoms with E-state index in [0.29, 0.717) is 6.54 Å². The molecular formula is C11H13NO2. The highest BCUT2D eigenvalue weighted by Gasteiger charge is 2.09. The minimum Gasteiger partial charge on any atom is -0.497 e. The monoisotopic (exact) mass is 191 g/mol. The van der Waals surface area contributed by atoms with Crippen LogP contribution in [0.3, 0.4) is 0 Å². The fourth-order valence-electron chi connectivity index (χ4n) is 1.63. The van der Waals surface area contributed by atoms with Crippen molar-refractivity contribution in [3.05, 3.63) is 29.5 Å². The second-order valence-corrected chi connectivity index (χ2v) is 3.20. The highest BCUT2D eigenvalue weighted by molar-refractivity contribution is 5.83. The molecule has 14 heavy (non-hydrogen) atoms. The van der Waals surface area contributed by atoms with Gasteiger partial charge in [-0.3, -0.25) is 0 Å². The van der Waals surface area contributed by atoms with E-state index in [1.807, 2.05) is 25.1 Å². The van der Waals surface area contributed by atoms with Crippen molar-refractivity contribution in [1.29, 1.82) is 0 Å². The van der Waals surface area contributed by atoms with Gasteiger partial charge in [-0.2, -0.15) is 0 Å². The second kappa shape index (κ2) is 3.35. The van der Waals surface area contributed by atoms with Gasteiger partial charge in [0.25, 0.3) is 0 Å². The van der Waals surface area contributed by atoms with E-state index in [9.17, 15) is 0 Å². The molecule has 3 nitrogen and oxygen atoms in total. The molecule has 74 valence electrons. The number of aryl methyl sites for hydroxylation is 1. The van der Waals surface area contributed by atoms with Crippen LogP contribution in [0.2, 0.25) is 0 Å². The standard InChI is InChI=1S/C11H13NO2/c1-7-10(6-12)9-5-8(13-2)3-4-11(9)14-7/h3-5H,6,12H2,1-2H3. The Balaban J connectivity index is 2.71. The number of rotatable bonds is 2. The quantitative estimate of drug-likeness (QED) is 0.791. The van der Waals surface area contributed by atoms with E-state index >= 15 is 0 Å². The van der Waals surface area contributed by atoms with Crippen LogP contribution in [0.5, 0.6) is 5.75 Å². The van der Waals surface area contributed by atoms with Crippen molar-refractivity contribution >= 4 is 11.0 Å². The zero-order valence-electron chi connectivity index (χ0n) is 8.33. The number of hydrogen-bond acceptors (Lipinski definition) is 3. The van der Waals surface area contributed by atoms with Crippen molar-refractivity contribution in [2.75, 3.05) is 7.11 Å². The molecule has 2 rings (SSSR count). The van der Waals surface area contributed by atoms with Crippen LogP contribution in [0.4, 0.5) is 0 Å². The van der Waals surface area contributed by atoms with Crippen molar-refractivity contribution in [1.82, 2.24) is 0 Å². The Hall–Kier alpha value is -1.48. The van der Waals surface area contributed by atoms with E-state index in [1.165, 1.54) is 0 Å². The van der Waals surface area contributed by atoms with Gasteiger partial charge in [0.2, 0.25) is 0 Å². The summed E-state index contributed by atoms with van der Waals surface area (Å²) in [6.07, 6.45) is 0. The lowest BCUT2D eigenvalue weighted by molar-refractivity contribution is 0.415. The third-order valence-corrected chi connectivity index (χ3v) is 2.40. The molecule has 1 heterocycles. The van der Waals surface area contributed by atoms with Gasteiger partial charge in [-0.1, -0.05) is 0 Å². The summed E-state index contributed by atoms with van der Waals surface area (Å²) in [4.78, 5) is 0. The highest BCUT2D eigenvalue weighted by atomic mass is 16.5. The molecular weight excluding hydrogens is 178 g/mol. The van der Waals surface area contributed by atoms with E-state index in [1.54, 1.807) is 7.11 Å². The zero-order chi connectivity index (χ0) is 10.1. The molecule has 2 aromatic rings. The largest absolute Gasteiger partial charge is 0.497 e. The highest BCUT2D eigenvalue weighted by Crippen LogP contribution is 2.28. The molecule has 0 saturated carbocycles. The molecule has 1 aromatic heterocycles. The average molecular weight is 191 g/mol. The first-order valence-corrected chi connectivity index (χ1v) is 4.52. The van der Waals surface area contributed by atoms with Crippen molar-refractivity contribution in [3.8, 4) is 5.75 Å². The lowest BCUT2D eigenvalue weighted by atomic mass is 10.1. The van der Waals surface area contributed by atoms with E-state index in [0.717, 1.165) is 28.0 Å². The molecule has 0 spiro atoms. The van der Waals surface area contributed by atoms with Crippen molar-refractivity contribution in [3.63, 3.8) is 0 Å². The van der Waals surface area contributed by atoms with Crippen molar-refractivity contribution < 1.29 is 9.15 Å². The topological polar surface area (TPSA) is 48.4 Å². The fraction of sp³-hybridized carbons (Fsp3) is 0.273. The first kappa shape index (κ1) is 9.09. The first-order chi connectivity index (χ1) is 6.76. The summed E-state index contributed by atoms with van der Waals surface area (Å²) in [6.45, 7) is 2.42. The summed E-state index contributed by atoms with van der Waals surface area (Å²) in [5, 5.41) is 1.05. The fourth-order valence-corrected chi connectivity index (χ4v) is 1.63. The van der Waals surface area contributed by atoms with E-state index in [-0.39, 0.29) is 0 Å². The molecule has 0 atom stereocenters. The molecule has 1 aromatic carbocycles. The summed E-state index contributed by atoms with van der Waals surface area (Å²) in [5.74, 6) is 1.71. The van der Waals surface area contributed by atoms with Crippen LogP contribution < -0.4 is 10.5 Å². The molecule has 0 aliphatic heterocycles. The maximum Gasteiger partial charge on any atom is 0.134 e. The van der Waals surface area contributed by atoms with Gasteiger partial charge in [-0.15, -0.1) is 0 Å². The Morgan fingerprint density at radius 2 is 2.21 bits per heavy atom. The SMILES string of the molecule is COc1ccc2oc(C)c(CN)c2c1. The average Bonchev–Trinajstić information content (AvgIpc) is 2.52. The number of methoxy groups -OCH3 is 1. The summed E-state index contributed by atoms with van der Waals surface area (Å²) in [6, 6.07) is 5.74. The van der Waals surface area contributed by atoms with Gasteiger partial charge in [-0.25, -0.2) is 0 Å². The lowest BCUT2D eigenvalue weighted by Crippen LogP contribution is -1.96. The van der Waals surface area contributed by atoms with Gasteiger partial charge >= 0.3 is 0 Å². The van der Waals surface area contributed by atoms with E-state index in [4.69, 9.17) is 14.9 Å². The Morgan fingerprint density at radius 1 is 1.43 bits per heavy atom. The van der Waals surface area contributed by atoms with Crippen LogP contribution >= 0.6 is 0 Å². The number of furan rings is 1. The Labute approximate surface area is 82.5 Å². The molecule has 0 unspecified atom stereocenters. The third kappa shape index (κ3) is 1.26. The van der Waals surface area contributed by atoms with E-state index in [2.05, 4.69) is 0 Å². The molecule has 0 aliphatic rings. The Bertz CT molecular complexity index is 460. The van der Waals surface area contributed by atoms with Crippen LogP contribution in [-0.2, 0) is 6.54 Å². The predicted octanol–water partition coefficient (Wildman–Crippen LogP) is 2.21. The number of fused-ring (bicyclic) bond motifs is 1. The number of ether oxygens (including phenoxy) is 1. The van der Waals surface area contributed by atoms with Gasteiger partial charge in [0.15, 0.2) is 0 Å². The lowest BCUT2D eigenvalue weighted by Gasteiger charge is -1.98. The molecule has 2 N–H and O–H groups in total. The Morgan fingerprint density at radius 3 is 2.86 bits per heavy atom. The summed E-state index contributed by atoms with van der Waals surface area (Å²) in [5.41, 5.74) is 7.57. The van der Waals surface area contributed by atoms with Crippen molar-refractivity contribution in [2.24, 2.45) is 5.73 Å². The van der Waals surface area contributed by atoms with Crippen LogP contribution in [0.1, 0.15) is 11.3 Å². The van der Waals surface area contributed by atoms with E-state index < -0.39 is 0 Å². The normalized spacial score (nSPS) is 10.8. The molecule has 0 bridgehead atoms. The van der Waals surface area contributed by atoms with Crippen LogP contribution in [0.15, 0.2) is 22.6 Å². The first-order valence-electron chi connectivity index (χ1n) is 4.52. The summed E-state index contributed by atoms with van der Waals surface area (Å²) in [7, 11) is 1.65. The molecule has 3 heteroatoms. The smallest absolute Gasteiger partial charge is 0.134 e. The van der Waals surface area contributed by atoms with Crippen LogP contribution in [0.25, 0.3) is 11.0 Å². The predicted molar refractivity (Wildman–Crippen MR) is 55.4 cm³/mol. The van der Waals surface area contributed by atoms with Gasteiger partial charge in [0, 0.05) is 17.5 Å². The van der Waals surface area contributed by atoms with Crippen LogP contribution in [-0.4, -0.2) is 7.11 Å². The minimum atomic E-state index is 0.492. The van der Waals surface area contributed by atoms with Gasteiger partial charge in [0.1, 0.15) is 17.1 Å². The summed E-state index contributed by atoms with van der Waals surface area (Å²) >= 11 is 0.